The molecule has 4 rings (SSSR count). The molecule has 4 aromatic rings. The Morgan fingerprint density at radius 3 is 2.22 bits per heavy atom. The lowest BCUT2D eigenvalue weighted by atomic mass is 10.1. The molecule has 0 N–H and O–H groups in total. The number of esters is 1. The van der Waals surface area contributed by atoms with Crippen LogP contribution >= 0.6 is 11.6 Å². The highest BCUT2D eigenvalue weighted by Gasteiger charge is 2.22. The van der Waals surface area contributed by atoms with Crippen molar-refractivity contribution in [2.24, 2.45) is 0 Å². The number of ether oxygens (including phenoxy) is 1. The quantitative estimate of drug-likeness (QED) is 0.391. The van der Waals surface area contributed by atoms with Crippen molar-refractivity contribution in [2.45, 2.75) is 0 Å². The Balaban J connectivity index is 1.58. The van der Waals surface area contributed by atoms with E-state index in [-0.39, 0.29) is 18.1 Å². The molecule has 1 aromatic heterocycles. The van der Waals surface area contributed by atoms with E-state index in [0.717, 1.165) is 5.69 Å². The number of nitrogens with zero attached hydrogens (tertiary/aromatic N) is 3. The normalized spacial score (nSPS) is 10.6. The van der Waals surface area contributed by atoms with Gasteiger partial charge in [0.2, 0.25) is 0 Å². The van der Waals surface area contributed by atoms with Gasteiger partial charge >= 0.3 is 5.97 Å². The van der Waals surface area contributed by atoms with Gasteiger partial charge in [0.15, 0.2) is 6.61 Å². The van der Waals surface area contributed by atoms with Crippen LogP contribution in [0.4, 0.5) is 5.69 Å². The van der Waals surface area contributed by atoms with Gasteiger partial charge in [0, 0.05) is 29.5 Å². The fourth-order valence-electron chi connectivity index (χ4n) is 3.15. The van der Waals surface area contributed by atoms with E-state index in [4.69, 9.17) is 16.3 Å². The second-order valence-corrected chi connectivity index (χ2v) is 7.48. The Kier molecular flexibility index (Phi) is 6.33. The minimum absolute atomic E-state index is 0.256. The molecule has 0 aliphatic heterocycles. The van der Waals surface area contributed by atoms with Gasteiger partial charge in [-0.2, -0.15) is 5.10 Å². The van der Waals surface area contributed by atoms with Crippen LogP contribution in [0.15, 0.2) is 91.1 Å². The molecule has 6 nitrogen and oxygen atoms in total. The third-order valence-electron chi connectivity index (χ3n) is 4.92. The maximum Gasteiger partial charge on any atom is 0.342 e. The Morgan fingerprint density at radius 2 is 1.56 bits per heavy atom. The van der Waals surface area contributed by atoms with E-state index in [9.17, 15) is 9.59 Å². The minimum atomic E-state index is -0.632. The first-order valence-corrected chi connectivity index (χ1v) is 10.3. The maximum absolute atomic E-state index is 12.9. The molecule has 1 amide bonds. The molecule has 0 saturated heterocycles. The van der Waals surface area contributed by atoms with Gasteiger partial charge < -0.3 is 9.64 Å². The first kappa shape index (κ1) is 21.3. The number of carbonyl (C=O) groups excluding carboxylic acids is 2. The average molecular weight is 446 g/mol. The predicted molar refractivity (Wildman–Crippen MR) is 124 cm³/mol. The number of rotatable bonds is 6. The Labute approximate surface area is 190 Å². The zero-order valence-electron chi connectivity index (χ0n) is 17.3. The van der Waals surface area contributed by atoms with Gasteiger partial charge in [-0.3, -0.25) is 4.79 Å². The van der Waals surface area contributed by atoms with Crippen LogP contribution in [0.1, 0.15) is 10.4 Å². The van der Waals surface area contributed by atoms with Crippen molar-refractivity contribution in [3.8, 4) is 16.9 Å². The van der Waals surface area contributed by atoms with Crippen LogP contribution in [0.2, 0.25) is 5.02 Å². The van der Waals surface area contributed by atoms with Crippen LogP contribution in [0, 0.1) is 0 Å². The third-order valence-corrected chi connectivity index (χ3v) is 5.17. The molecule has 0 saturated carbocycles. The Hall–Kier alpha value is -3.90. The zero-order chi connectivity index (χ0) is 22.5. The molecule has 0 unspecified atom stereocenters. The van der Waals surface area contributed by atoms with Crippen molar-refractivity contribution >= 4 is 29.2 Å². The first-order valence-electron chi connectivity index (χ1n) is 9.92. The molecule has 7 heteroatoms. The number of amides is 1. The lowest BCUT2D eigenvalue weighted by Gasteiger charge is -2.17. The van der Waals surface area contributed by atoms with Crippen molar-refractivity contribution < 1.29 is 14.3 Å². The van der Waals surface area contributed by atoms with Crippen molar-refractivity contribution in [1.82, 2.24) is 9.78 Å². The van der Waals surface area contributed by atoms with E-state index in [1.54, 1.807) is 42.2 Å². The smallest absolute Gasteiger partial charge is 0.342 e. The number of halogens is 1. The molecule has 0 aliphatic carbocycles. The summed E-state index contributed by atoms with van der Waals surface area (Å²) in [7, 11) is 1.64. The van der Waals surface area contributed by atoms with Crippen LogP contribution in [-0.4, -0.2) is 35.3 Å². The second kappa shape index (κ2) is 9.49. The van der Waals surface area contributed by atoms with Crippen LogP contribution in [0.25, 0.3) is 16.9 Å². The topological polar surface area (TPSA) is 64.4 Å². The molecule has 0 radical (unpaired) electrons. The highest BCUT2D eigenvalue weighted by molar-refractivity contribution is 6.30. The summed E-state index contributed by atoms with van der Waals surface area (Å²) < 4.78 is 6.97. The number of aromatic nitrogens is 2. The molecule has 0 fully saturated rings. The lowest BCUT2D eigenvalue weighted by Crippen LogP contribution is -2.31. The van der Waals surface area contributed by atoms with E-state index in [0.29, 0.717) is 22.0 Å². The van der Waals surface area contributed by atoms with Crippen LogP contribution in [-0.2, 0) is 9.53 Å². The van der Waals surface area contributed by atoms with E-state index >= 15 is 0 Å². The predicted octanol–water partition coefficient (Wildman–Crippen LogP) is 5.01. The number of carbonyl (C=O) groups is 2. The van der Waals surface area contributed by atoms with Gasteiger partial charge in [-0.1, -0.05) is 60.1 Å². The lowest BCUT2D eigenvalue weighted by molar-refractivity contribution is -0.121. The van der Waals surface area contributed by atoms with Crippen molar-refractivity contribution in [2.75, 3.05) is 18.6 Å². The number of hydrogen-bond acceptors (Lipinski definition) is 4. The fourth-order valence-corrected chi connectivity index (χ4v) is 3.28. The van der Waals surface area contributed by atoms with Crippen LogP contribution in [0.3, 0.4) is 0 Å². The molecule has 0 bridgehead atoms. The van der Waals surface area contributed by atoms with E-state index < -0.39 is 5.97 Å². The molecule has 1 heterocycles. The van der Waals surface area contributed by atoms with Crippen molar-refractivity contribution in [3.05, 3.63) is 102 Å². The number of para-hydroxylation sites is 2. The molecule has 32 heavy (non-hydrogen) atoms. The Morgan fingerprint density at radius 1 is 0.938 bits per heavy atom. The summed E-state index contributed by atoms with van der Waals surface area (Å²) >= 11 is 6.01. The first-order chi connectivity index (χ1) is 15.5. The van der Waals surface area contributed by atoms with Crippen molar-refractivity contribution in [1.29, 1.82) is 0 Å². The highest BCUT2D eigenvalue weighted by Crippen LogP contribution is 2.26. The summed E-state index contributed by atoms with van der Waals surface area (Å²) in [4.78, 5) is 26.9. The van der Waals surface area contributed by atoms with Crippen LogP contribution < -0.4 is 4.90 Å². The molecule has 160 valence electrons. The van der Waals surface area contributed by atoms with Crippen molar-refractivity contribution in [3.63, 3.8) is 0 Å². The van der Waals surface area contributed by atoms with Crippen LogP contribution in [0.5, 0.6) is 0 Å². The standard InChI is InChI=1S/C25H20ClN3O3/c1-28(20-8-4-2-5-9-20)23(30)17-32-25(31)22-16-29(21-10-6-3-7-11-21)27-24(22)18-12-14-19(26)15-13-18/h2-16H,17H2,1H3. The SMILES string of the molecule is CN(C(=O)COC(=O)c1cn(-c2ccccc2)nc1-c1ccc(Cl)cc1)c1ccccc1. The molecule has 3 aromatic carbocycles. The zero-order valence-corrected chi connectivity index (χ0v) is 18.1. The number of likely N-dealkylation sites (N-methyl/N-ethyl adjacent to an activating group) is 1. The third kappa shape index (κ3) is 4.71. The van der Waals surface area contributed by atoms with E-state index in [1.807, 2.05) is 60.7 Å². The molecular formula is C25H20ClN3O3. The minimum Gasteiger partial charge on any atom is -0.452 e. The summed E-state index contributed by atoms with van der Waals surface area (Å²) in [6.45, 7) is -0.388. The summed E-state index contributed by atoms with van der Waals surface area (Å²) in [5, 5.41) is 5.17. The molecule has 0 atom stereocenters. The number of hydrogen-bond donors (Lipinski definition) is 0. The molecule has 0 spiro atoms. The molecule has 0 aliphatic rings. The fraction of sp³-hybridized carbons (Fsp3) is 0.0800. The monoisotopic (exact) mass is 445 g/mol. The van der Waals surface area contributed by atoms with E-state index in [1.165, 1.54) is 4.90 Å². The Bertz CT molecular complexity index is 1220. The average Bonchev–Trinajstić information content (AvgIpc) is 3.29. The van der Waals surface area contributed by atoms with Gasteiger partial charge in [0.1, 0.15) is 11.3 Å². The number of anilines is 1. The summed E-state index contributed by atoms with van der Waals surface area (Å²) in [5.41, 5.74) is 2.92. The summed E-state index contributed by atoms with van der Waals surface area (Å²) in [5.74, 6) is -0.972. The second-order valence-electron chi connectivity index (χ2n) is 7.04. The number of benzene rings is 3. The largest absolute Gasteiger partial charge is 0.452 e. The van der Waals surface area contributed by atoms with Gasteiger partial charge in [-0.05, 0) is 36.4 Å². The van der Waals surface area contributed by atoms with E-state index in [2.05, 4.69) is 5.10 Å². The van der Waals surface area contributed by atoms with Gasteiger partial charge in [-0.15, -0.1) is 0 Å². The maximum atomic E-state index is 12.9. The summed E-state index contributed by atoms with van der Waals surface area (Å²) in [6, 6.07) is 25.6. The van der Waals surface area contributed by atoms with Gasteiger partial charge in [0.05, 0.1) is 5.69 Å². The van der Waals surface area contributed by atoms with Gasteiger partial charge in [0.25, 0.3) is 5.91 Å². The summed E-state index contributed by atoms with van der Waals surface area (Å²) in [6.07, 6.45) is 1.60. The van der Waals surface area contributed by atoms with Gasteiger partial charge in [-0.25, -0.2) is 9.48 Å². The highest BCUT2D eigenvalue weighted by atomic mass is 35.5. The molecular weight excluding hydrogens is 426 g/mol.